The molecule has 0 aromatic heterocycles. The zero-order chi connectivity index (χ0) is 17.9. The van der Waals surface area contributed by atoms with Crippen molar-refractivity contribution in [3.63, 3.8) is 0 Å². The molecule has 1 heterocycles. The fraction of sp³-hybridized carbons (Fsp3) is 0.579. The fourth-order valence-corrected chi connectivity index (χ4v) is 2.68. The van der Waals surface area contributed by atoms with E-state index in [-0.39, 0.29) is 12.0 Å². The number of carbonyl (C=O) groups is 1. The molecular weight excluding hydrogens is 316 g/mol. The van der Waals surface area contributed by atoms with E-state index in [1.165, 1.54) is 0 Å². The first kappa shape index (κ1) is 19.2. The topological polar surface area (TPSA) is 74.8 Å². The molecule has 25 heavy (non-hydrogen) atoms. The number of rotatable bonds is 8. The monoisotopic (exact) mass is 346 g/mol. The van der Waals surface area contributed by atoms with Gasteiger partial charge in [0.05, 0.1) is 12.6 Å². The summed E-state index contributed by atoms with van der Waals surface area (Å²) >= 11 is 0. The number of amides is 1. The lowest BCUT2D eigenvalue weighted by Gasteiger charge is -2.14. The van der Waals surface area contributed by atoms with Crippen LogP contribution in [-0.2, 0) is 11.3 Å². The van der Waals surface area contributed by atoms with Crippen molar-refractivity contribution in [1.82, 2.24) is 16.0 Å². The van der Waals surface area contributed by atoms with Gasteiger partial charge in [-0.15, -0.1) is 0 Å². The van der Waals surface area contributed by atoms with Gasteiger partial charge in [-0.2, -0.15) is 0 Å². The van der Waals surface area contributed by atoms with E-state index in [1.54, 1.807) is 0 Å². The number of aliphatic imine (C=N–C) groups is 1. The second-order valence-corrected chi connectivity index (χ2v) is 6.17. The zero-order valence-electron chi connectivity index (χ0n) is 15.3. The second kappa shape index (κ2) is 10.7. The molecule has 0 radical (unpaired) electrons. The molecule has 6 heteroatoms. The van der Waals surface area contributed by atoms with Crippen molar-refractivity contribution >= 4 is 11.9 Å². The summed E-state index contributed by atoms with van der Waals surface area (Å²) in [5.74, 6) is 0.745. The minimum absolute atomic E-state index is 0.0314. The molecule has 1 aliphatic rings. The Morgan fingerprint density at radius 1 is 1.28 bits per heavy atom. The van der Waals surface area contributed by atoms with Gasteiger partial charge >= 0.3 is 0 Å². The van der Waals surface area contributed by atoms with Crippen LogP contribution < -0.4 is 16.0 Å². The van der Waals surface area contributed by atoms with E-state index in [0.717, 1.165) is 50.5 Å². The van der Waals surface area contributed by atoms with Crippen molar-refractivity contribution in [1.29, 1.82) is 0 Å². The van der Waals surface area contributed by atoms with Crippen LogP contribution in [0.25, 0.3) is 0 Å². The van der Waals surface area contributed by atoms with E-state index in [1.807, 2.05) is 38.1 Å². The average molecular weight is 346 g/mol. The Balaban J connectivity index is 1.92. The lowest BCUT2D eigenvalue weighted by atomic mass is 10.1. The number of carbonyl (C=O) groups excluding carboxylic acids is 1. The van der Waals surface area contributed by atoms with Crippen LogP contribution >= 0.6 is 0 Å². The van der Waals surface area contributed by atoms with Crippen molar-refractivity contribution in [2.45, 2.75) is 45.8 Å². The fourth-order valence-electron chi connectivity index (χ4n) is 2.68. The molecule has 6 nitrogen and oxygen atoms in total. The third kappa shape index (κ3) is 6.74. The number of benzene rings is 1. The summed E-state index contributed by atoms with van der Waals surface area (Å²) in [4.78, 5) is 16.7. The predicted molar refractivity (Wildman–Crippen MR) is 101 cm³/mol. The predicted octanol–water partition coefficient (Wildman–Crippen LogP) is 2.06. The Kier molecular flexibility index (Phi) is 8.25. The van der Waals surface area contributed by atoms with Gasteiger partial charge in [0.15, 0.2) is 5.96 Å². The summed E-state index contributed by atoms with van der Waals surface area (Å²) in [6.07, 6.45) is 3.43. The maximum Gasteiger partial charge on any atom is 0.251 e. The maximum atomic E-state index is 12.1. The standard InChI is InChI=1S/C19H30N4O2/c1-3-10-21-18(24)16-8-5-7-15(12-16)13-22-19(20-4-2)23-14-17-9-6-11-25-17/h5,7-8,12,17H,3-4,6,9-11,13-14H2,1-2H3,(H,21,24)(H2,20,22,23). The van der Waals surface area contributed by atoms with Gasteiger partial charge < -0.3 is 20.7 Å². The number of hydrogen-bond donors (Lipinski definition) is 3. The molecule has 1 aromatic rings. The molecule has 1 aromatic carbocycles. The highest BCUT2D eigenvalue weighted by molar-refractivity contribution is 5.94. The van der Waals surface area contributed by atoms with Crippen molar-refractivity contribution < 1.29 is 9.53 Å². The Morgan fingerprint density at radius 3 is 2.88 bits per heavy atom. The number of nitrogens with zero attached hydrogens (tertiary/aromatic N) is 1. The van der Waals surface area contributed by atoms with Crippen molar-refractivity contribution in [2.24, 2.45) is 4.99 Å². The minimum atomic E-state index is -0.0314. The highest BCUT2D eigenvalue weighted by Crippen LogP contribution is 2.10. The maximum absolute atomic E-state index is 12.1. The molecule has 1 atom stereocenters. The van der Waals surface area contributed by atoms with E-state index < -0.39 is 0 Å². The van der Waals surface area contributed by atoms with Gasteiger partial charge in [-0.25, -0.2) is 4.99 Å². The molecule has 1 fully saturated rings. The third-order valence-electron chi connectivity index (χ3n) is 4.01. The smallest absolute Gasteiger partial charge is 0.251 e. The molecule has 1 saturated heterocycles. The molecule has 1 aliphatic heterocycles. The zero-order valence-corrected chi connectivity index (χ0v) is 15.3. The molecule has 1 amide bonds. The number of ether oxygens (including phenoxy) is 1. The van der Waals surface area contributed by atoms with Gasteiger partial charge in [0.1, 0.15) is 0 Å². The summed E-state index contributed by atoms with van der Waals surface area (Å²) in [5, 5.41) is 9.48. The number of hydrogen-bond acceptors (Lipinski definition) is 3. The SMILES string of the molecule is CCCNC(=O)c1cccc(CN=C(NCC)NCC2CCCO2)c1. The van der Waals surface area contributed by atoms with E-state index >= 15 is 0 Å². The largest absolute Gasteiger partial charge is 0.376 e. The molecule has 138 valence electrons. The van der Waals surface area contributed by atoms with Crippen LogP contribution in [0.3, 0.4) is 0 Å². The van der Waals surface area contributed by atoms with Gasteiger partial charge in [-0.05, 0) is 43.9 Å². The highest BCUT2D eigenvalue weighted by Gasteiger charge is 2.15. The Labute approximate surface area is 150 Å². The quantitative estimate of drug-likeness (QED) is 0.497. The first-order chi connectivity index (χ1) is 12.2. The van der Waals surface area contributed by atoms with Crippen molar-refractivity contribution in [3.05, 3.63) is 35.4 Å². The van der Waals surface area contributed by atoms with Crippen LogP contribution in [0.2, 0.25) is 0 Å². The van der Waals surface area contributed by atoms with Crippen LogP contribution in [0.1, 0.15) is 49.0 Å². The Morgan fingerprint density at radius 2 is 2.16 bits per heavy atom. The van der Waals surface area contributed by atoms with Gasteiger partial charge in [-0.1, -0.05) is 19.1 Å². The highest BCUT2D eigenvalue weighted by atomic mass is 16.5. The van der Waals surface area contributed by atoms with Crippen molar-refractivity contribution in [3.8, 4) is 0 Å². The molecule has 1 unspecified atom stereocenters. The summed E-state index contributed by atoms with van der Waals surface area (Å²) < 4.78 is 5.63. The first-order valence-corrected chi connectivity index (χ1v) is 9.23. The van der Waals surface area contributed by atoms with Crippen molar-refractivity contribution in [2.75, 3.05) is 26.2 Å². The van der Waals surface area contributed by atoms with E-state index in [0.29, 0.717) is 18.7 Å². The summed E-state index contributed by atoms with van der Waals surface area (Å²) in [7, 11) is 0. The summed E-state index contributed by atoms with van der Waals surface area (Å²) in [5.41, 5.74) is 1.69. The molecule has 2 rings (SSSR count). The number of guanidine groups is 1. The summed E-state index contributed by atoms with van der Waals surface area (Å²) in [6.45, 7) is 7.73. The molecule has 0 saturated carbocycles. The second-order valence-electron chi connectivity index (χ2n) is 6.17. The molecule has 0 aliphatic carbocycles. The van der Waals surface area contributed by atoms with Gasteiger partial charge in [0.2, 0.25) is 0 Å². The van der Waals surface area contributed by atoms with Crippen LogP contribution in [-0.4, -0.2) is 44.2 Å². The molecule has 0 spiro atoms. The van der Waals surface area contributed by atoms with E-state index in [9.17, 15) is 4.79 Å². The van der Waals surface area contributed by atoms with Gasteiger partial charge in [0.25, 0.3) is 5.91 Å². The average Bonchev–Trinajstić information content (AvgIpc) is 3.16. The van der Waals surface area contributed by atoms with Gasteiger partial charge in [0, 0.05) is 31.8 Å². The summed E-state index contributed by atoms with van der Waals surface area (Å²) in [6, 6.07) is 7.62. The lowest BCUT2D eigenvalue weighted by Crippen LogP contribution is -2.41. The third-order valence-corrected chi connectivity index (χ3v) is 4.01. The van der Waals surface area contributed by atoms with Crippen LogP contribution in [0.15, 0.2) is 29.3 Å². The normalized spacial score (nSPS) is 17.4. The van der Waals surface area contributed by atoms with Crippen LogP contribution in [0.4, 0.5) is 0 Å². The molecule has 3 N–H and O–H groups in total. The van der Waals surface area contributed by atoms with Gasteiger partial charge in [-0.3, -0.25) is 4.79 Å². The van der Waals surface area contributed by atoms with E-state index in [2.05, 4.69) is 20.9 Å². The minimum Gasteiger partial charge on any atom is -0.376 e. The number of nitrogens with one attached hydrogen (secondary N) is 3. The Bertz CT molecular complexity index is 568. The Hall–Kier alpha value is -2.08. The van der Waals surface area contributed by atoms with Crippen LogP contribution in [0.5, 0.6) is 0 Å². The molecule has 0 bridgehead atoms. The molecular formula is C19H30N4O2. The lowest BCUT2D eigenvalue weighted by molar-refractivity contribution is 0.0953. The van der Waals surface area contributed by atoms with E-state index in [4.69, 9.17) is 4.74 Å². The van der Waals surface area contributed by atoms with Crippen LogP contribution in [0, 0.1) is 0 Å². The first-order valence-electron chi connectivity index (χ1n) is 9.23.